The molecule has 0 aliphatic carbocycles. The predicted octanol–water partition coefficient (Wildman–Crippen LogP) is 4.11. The molecule has 2 aromatic heterocycles. The summed E-state index contributed by atoms with van der Waals surface area (Å²) in [7, 11) is 0. The van der Waals surface area contributed by atoms with Crippen LogP contribution >= 0.6 is 27.3 Å². The number of rotatable bonds is 4. The summed E-state index contributed by atoms with van der Waals surface area (Å²) >= 11 is 5.37. The summed E-state index contributed by atoms with van der Waals surface area (Å²) in [5.41, 5.74) is 1.18. The van der Waals surface area contributed by atoms with Crippen molar-refractivity contribution in [3.63, 3.8) is 0 Å². The summed E-state index contributed by atoms with van der Waals surface area (Å²) < 4.78 is 6.33. The van der Waals surface area contributed by atoms with E-state index in [9.17, 15) is 0 Å². The molecule has 2 aromatic rings. The lowest BCUT2D eigenvalue weighted by atomic mass is 10.1. The zero-order valence-electron chi connectivity index (χ0n) is 9.29. The quantitative estimate of drug-likeness (QED) is 0.919. The van der Waals surface area contributed by atoms with E-state index in [0.717, 1.165) is 6.54 Å². The number of hydrogen-bond donors (Lipinski definition) is 1. The van der Waals surface area contributed by atoms with Crippen LogP contribution in [0.5, 0.6) is 0 Å². The number of nitrogens with one attached hydrogen (secondary N) is 1. The van der Waals surface area contributed by atoms with Crippen LogP contribution in [0.2, 0.25) is 0 Å². The first kappa shape index (κ1) is 11.9. The van der Waals surface area contributed by atoms with Crippen LogP contribution in [-0.4, -0.2) is 6.54 Å². The Kier molecular flexibility index (Phi) is 3.84. The van der Waals surface area contributed by atoms with E-state index < -0.39 is 0 Å². The van der Waals surface area contributed by atoms with Crippen LogP contribution in [0.15, 0.2) is 33.5 Å². The van der Waals surface area contributed by atoms with Crippen LogP contribution in [0.3, 0.4) is 0 Å². The first-order chi connectivity index (χ1) is 7.72. The van der Waals surface area contributed by atoms with E-state index in [4.69, 9.17) is 4.42 Å². The van der Waals surface area contributed by atoms with Gasteiger partial charge in [-0.1, -0.05) is 6.92 Å². The number of halogens is 1. The van der Waals surface area contributed by atoms with E-state index in [0.29, 0.717) is 0 Å². The Labute approximate surface area is 108 Å². The van der Waals surface area contributed by atoms with Crippen LogP contribution in [0.4, 0.5) is 0 Å². The predicted molar refractivity (Wildman–Crippen MR) is 71.0 cm³/mol. The Morgan fingerprint density at radius 1 is 1.56 bits per heavy atom. The highest BCUT2D eigenvalue weighted by atomic mass is 79.9. The molecule has 2 rings (SSSR count). The van der Waals surface area contributed by atoms with E-state index in [-0.39, 0.29) is 6.04 Å². The topological polar surface area (TPSA) is 25.2 Å². The number of thiophene rings is 1. The van der Waals surface area contributed by atoms with E-state index in [2.05, 4.69) is 41.2 Å². The fourth-order valence-electron chi connectivity index (χ4n) is 1.65. The Bertz CT molecular complexity index is 430. The number of furan rings is 1. The molecule has 0 amide bonds. The van der Waals surface area contributed by atoms with Gasteiger partial charge in [-0.05, 0) is 41.5 Å². The third kappa shape index (κ3) is 2.39. The molecule has 86 valence electrons. The molecule has 0 radical (unpaired) electrons. The SMILES string of the molecule is CCNC(c1ccoc1)c1cc(Br)c(C)s1. The molecule has 0 spiro atoms. The van der Waals surface area contributed by atoms with Crippen molar-refractivity contribution in [2.24, 2.45) is 0 Å². The highest BCUT2D eigenvalue weighted by Gasteiger charge is 2.17. The van der Waals surface area contributed by atoms with Crippen molar-refractivity contribution in [1.29, 1.82) is 0 Å². The molecule has 0 saturated heterocycles. The molecular formula is C12H14BrNOS. The van der Waals surface area contributed by atoms with Crippen molar-refractivity contribution in [2.45, 2.75) is 19.9 Å². The molecule has 2 heterocycles. The van der Waals surface area contributed by atoms with Crippen LogP contribution < -0.4 is 5.32 Å². The van der Waals surface area contributed by atoms with Crippen molar-refractivity contribution < 1.29 is 4.42 Å². The average molecular weight is 300 g/mol. The molecular weight excluding hydrogens is 286 g/mol. The van der Waals surface area contributed by atoms with Crippen molar-refractivity contribution in [2.75, 3.05) is 6.54 Å². The standard InChI is InChI=1S/C12H14BrNOS/c1-3-14-12(9-4-5-15-7-9)11-6-10(13)8(2)16-11/h4-7,12,14H,3H2,1-2H3. The van der Waals surface area contributed by atoms with E-state index in [1.54, 1.807) is 12.5 Å². The van der Waals surface area contributed by atoms with Crippen molar-refractivity contribution >= 4 is 27.3 Å². The summed E-state index contributed by atoms with van der Waals surface area (Å²) in [5, 5.41) is 3.47. The zero-order chi connectivity index (χ0) is 11.5. The Morgan fingerprint density at radius 3 is 2.88 bits per heavy atom. The Hall–Kier alpha value is -0.580. The lowest BCUT2D eigenvalue weighted by Crippen LogP contribution is -2.20. The fourth-order valence-corrected chi connectivity index (χ4v) is 3.31. The van der Waals surface area contributed by atoms with Gasteiger partial charge in [0, 0.05) is 19.8 Å². The van der Waals surface area contributed by atoms with Gasteiger partial charge in [0.25, 0.3) is 0 Å². The second-order valence-electron chi connectivity index (χ2n) is 3.60. The molecule has 4 heteroatoms. The smallest absolute Gasteiger partial charge is 0.0954 e. The Balaban J connectivity index is 2.32. The molecule has 0 aliphatic heterocycles. The number of aryl methyl sites for hydroxylation is 1. The third-order valence-electron chi connectivity index (χ3n) is 2.45. The molecule has 0 aliphatic rings. The van der Waals surface area contributed by atoms with Gasteiger partial charge in [0.2, 0.25) is 0 Å². The fraction of sp³-hybridized carbons (Fsp3) is 0.333. The maximum absolute atomic E-state index is 5.15. The van der Waals surface area contributed by atoms with Crippen molar-refractivity contribution in [1.82, 2.24) is 5.32 Å². The van der Waals surface area contributed by atoms with Gasteiger partial charge >= 0.3 is 0 Å². The molecule has 1 atom stereocenters. The van der Waals surface area contributed by atoms with Gasteiger partial charge in [0.1, 0.15) is 0 Å². The summed E-state index contributed by atoms with van der Waals surface area (Å²) in [6.07, 6.45) is 3.52. The lowest BCUT2D eigenvalue weighted by Gasteiger charge is -2.14. The summed E-state index contributed by atoms with van der Waals surface area (Å²) in [5.74, 6) is 0. The average Bonchev–Trinajstić information content (AvgIpc) is 2.86. The Morgan fingerprint density at radius 2 is 2.38 bits per heavy atom. The minimum absolute atomic E-state index is 0.235. The van der Waals surface area contributed by atoms with Crippen molar-refractivity contribution in [3.8, 4) is 0 Å². The molecule has 16 heavy (non-hydrogen) atoms. The summed E-state index contributed by atoms with van der Waals surface area (Å²) in [6.45, 7) is 5.17. The third-order valence-corrected chi connectivity index (χ3v) is 4.65. The van der Waals surface area contributed by atoms with Gasteiger partial charge in [-0.3, -0.25) is 0 Å². The van der Waals surface area contributed by atoms with Crippen LogP contribution in [0.1, 0.15) is 28.3 Å². The normalized spacial score (nSPS) is 12.9. The number of hydrogen-bond acceptors (Lipinski definition) is 3. The first-order valence-corrected chi connectivity index (χ1v) is 6.84. The molecule has 1 N–H and O–H groups in total. The maximum Gasteiger partial charge on any atom is 0.0954 e. The van der Waals surface area contributed by atoms with Gasteiger partial charge in [0.05, 0.1) is 18.6 Å². The lowest BCUT2D eigenvalue weighted by molar-refractivity contribution is 0.554. The van der Waals surface area contributed by atoms with Crippen LogP contribution in [0.25, 0.3) is 0 Å². The van der Waals surface area contributed by atoms with Gasteiger partial charge < -0.3 is 9.73 Å². The highest BCUT2D eigenvalue weighted by molar-refractivity contribution is 9.10. The highest BCUT2D eigenvalue weighted by Crippen LogP contribution is 2.33. The maximum atomic E-state index is 5.15. The monoisotopic (exact) mass is 299 g/mol. The zero-order valence-corrected chi connectivity index (χ0v) is 11.7. The molecule has 0 fully saturated rings. The van der Waals surface area contributed by atoms with E-state index >= 15 is 0 Å². The van der Waals surface area contributed by atoms with E-state index in [1.165, 1.54) is 19.8 Å². The molecule has 0 bridgehead atoms. The van der Waals surface area contributed by atoms with Gasteiger partial charge in [-0.15, -0.1) is 11.3 Å². The van der Waals surface area contributed by atoms with Crippen molar-refractivity contribution in [3.05, 3.63) is 44.4 Å². The molecule has 0 saturated carbocycles. The minimum Gasteiger partial charge on any atom is -0.472 e. The van der Waals surface area contributed by atoms with Gasteiger partial charge in [-0.25, -0.2) is 0 Å². The molecule has 1 unspecified atom stereocenters. The minimum atomic E-state index is 0.235. The van der Waals surface area contributed by atoms with Crippen LogP contribution in [0, 0.1) is 6.92 Å². The van der Waals surface area contributed by atoms with E-state index in [1.807, 2.05) is 17.4 Å². The summed E-state index contributed by atoms with van der Waals surface area (Å²) in [4.78, 5) is 2.62. The van der Waals surface area contributed by atoms with Gasteiger partial charge in [-0.2, -0.15) is 0 Å². The van der Waals surface area contributed by atoms with Crippen LogP contribution in [-0.2, 0) is 0 Å². The first-order valence-electron chi connectivity index (χ1n) is 5.23. The molecule has 2 nitrogen and oxygen atoms in total. The second-order valence-corrected chi connectivity index (χ2v) is 5.74. The second kappa shape index (κ2) is 5.17. The summed E-state index contributed by atoms with van der Waals surface area (Å²) in [6, 6.07) is 4.43. The molecule has 0 aromatic carbocycles. The van der Waals surface area contributed by atoms with Gasteiger partial charge in [0.15, 0.2) is 0 Å². The largest absolute Gasteiger partial charge is 0.472 e.